The summed E-state index contributed by atoms with van der Waals surface area (Å²) in [6, 6.07) is 6.90. The van der Waals surface area contributed by atoms with Crippen LogP contribution >= 0.6 is 0 Å². The van der Waals surface area contributed by atoms with Gasteiger partial charge in [-0.3, -0.25) is 4.72 Å². The van der Waals surface area contributed by atoms with Gasteiger partial charge in [0.1, 0.15) is 0 Å². The molecule has 2 heterocycles. The van der Waals surface area contributed by atoms with E-state index in [1.165, 1.54) is 18.9 Å². The van der Waals surface area contributed by atoms with Gasteiger partial charge in [0.2, 0.25) is 12.3 Å². The van der Waals surface area contributed by atoms with E-state index in [1.807, 2.05) is 13.8 Å². The standard InChI is InChI=1S/C15H17N5O3S/c1-3-11(2)20-8-14(16-9-20)24(21,22)19-13-6-4-5-12(7-13)15-18-17-10-23-15/h4-11,19H,3H2,1-2H3. The second-order valence-electron chi connectivity index (χ2n) is 5.35. The van der Waals surface area contributed by atoms with Crippen molar-refractivity contribution < 1.29 is 12.8 Å². The molecule has 24 heavy (non-hydrogen) atoms. The first kappa shape index (κ1) is 16.2. The number of sulfonamides is 1. The van der Waals surface area contributed by atoms with Crippen molar-refractivity contribution in [2.24, 2.45) is 0 Å². The average molecular weight is 347 g/mol. The van der Waals surface area contributed by atoms with Crippen LogP contribution in [-0.2, 0) is 10.0 Å². The maximum atomic E-state index is 12.5. The summed E-state index contributed by atoms with van der Waals surface area (Å²) in [4.78, 5) is 4.00. The number of imidazole rings is 1. The number of aromatic nitrogens is 4. The molecule has 0 amide bonds. The Morgan fingerprint density at radius 3 is 2.92 bits per heavy atom. The molecule has 0 bridgehead atoms. The van der Waals surface area contributed by atoms with Gasteiger partial charge >= 0.3 is 0 Å². The van der Waals surface area contributed by atoms with Crippen LogP contribution in [0.2, 0.25) is 0 Å². The Kier molecular flexibility index (Phi) is 4.34. The summed E-state index contributed by atoms with van der Waals surface area (Å²) in [5, 5.41) is 7.39. The van der Waals surface area contributed by atoms with Crippen molar-refractivity contribution in [1.29, 1.82) is 0 Å². The lowest BCUT2D eigenvalue weighted by Gasteiger charge is -2.09. The molecule has 1 unspecified atom stereocenters. The zero-order valence-electron chi connectivity index (χ0n) is 13.2. The van der Waals surface area contributed by atoms with Crippen LogP contribution in [0.5, 0.6) is 0 Å². The minimum Gasteiger partial charge on any atom is -0.423 e. The molecule has 0 saturated heterocycles. The van der Waals surface area contributed by atoms with Gasteiger partial charge in [-0.2, -0.15) is 8.42 Å². The Labute approximate surface area is 139 Å². The van der Waals surface area contributed by atoms with Gasteiger partial charge in [0.25, 0.3) is 10.0 Å². The molecule has 1 aromatic carbocycles. The minimum atomic E-state index is -3.77. The Morgan fingerprint density at radius 1 is 1.38 bits per heavy atom. The number of nitrogens with zero attached hydrogens (tertiary/aromatic N) is 4. The highest BCUT2D eigenvalue weighted by atomic mass is 32.2. The highest BCUT2D eigenvalue weighted by molar-refractivity contribution is 7.92. The number of hydrogen-bond acceptors (Lipinski definition) is 6. The Balaban J connectivity index is 1.84. The van der Waals surface area contributed by atoms with E-state index in [0.29, 0.717) is 17.1 Å². The lowest BCUT2D eigenvalue weighted by atomic mass is 10.2. The summed E-state index contributed by atoms with van der Waals surface area (Å²) in [6.07, 6.45) is 5.15. The average Bonchev–Trinajstić information content (AvgIpc) is 3.25. The van der Waals surface area contributed by atoms with Crippen molar-refractivity contribution in [2.45, 2.75) is 31.3 Å². The molecule has 2 aromatic heterocycles. The van der Waals surface area contributed by atoms with E-state index in [0.717, 1.165) is 6.42 Å². The summed E-state index contributed by atoms with van der Waals surface area (Å²) < 4.78 is 34.4. The van der Waals surface area contributed by atoms with Gasteiger partial charge in [0.15, 0.2) is 5.03 Å². The SMILES string of the molecule is CCC(C)n1cnc(S(=O)(=O)Nc2cccc(-c3nnco3)c2)c1. The molecule has 0 saturated carbocycles. The van der Waals surface area contributed by atoms with Crippen LogP contribution in [0.3, 0.4) is 0 Å². The minimum absolute atomic E-state index is 0.0222. The fourth-order valence-electron chi connectivity index (χ4n) is 2.13. The van der Waals surface area contributed by atoms with E-state index in [2.05, 4.69) is 19.9 Å². The van der Waals surface area contributed by atoms with Crippen molar-refractivity contribution in [2.75, 3.05) is 4.72 Å². The quantitative estimate of drug-likeness (QED) is 0.735. The molecule has 1 atom stereocenters. The zero-order chi connectivity index (χ0) is 17.2. The van der Waals surface area contributed by atoms with Crippen molar-refractivity contribution >= 4 is 15.7 Å². The highest BCUT2D eigenvalue weighted by Gasteiger charge is 2.19. The van der Waals surface area contributed by atoms with Gasteiger partial charge in [-0.25, -0.2) is 4.98 Å². The summed E-state index contributed by atoms with van der Waals surface area (Å²) in [5.74, 6) is 0.317. The zero-order valence-corrected chi connectivity index (χ0v) is 14.1. The van der Waals surface area contributed by atoms with Crippen molar-refractivity contribution in [3.63, 3.8) is 0 Å². The lowest BCUT2D eigenvalue weighted by Crippen LogP contribution is -2.13. The third-order valence-corrected chi connectivity index (χ3v) is 4.94. The first-order valence-corrected chi connectivity index (χ1v) is 8.91. The molecule has 0 spiro atoms. The second-order valence-corrected chi connectivity index (χ2v) is 6.98. The molecule has 0 fully saturated rings. The summed E-state index contributed by atoms with van der Waals surface area (Å²) >= 11 is 0. The van der Waals surface area contributed by atoms with Crippen LogP contribution in [0.25, 0.3) is 11.5 Å². The van der Waals surface area contributed by atoms with Gasteiger partial charge < -0.3 is 8.98 Å². The third-order valence-electron chi connectivity index (χ3n) is 3.67. The van der Waals surface area contributed by atoms with Crippen LogP contribution in [0.15, 0.2) is 52.6 Å². The number of nitrogens with one attached hydrogen (secondary N) is 1. The van der Waals surface area contributed by atoms with Gasteiger partial charge in [-0.05, 0) is 31.5 Å². The maximum Gasteiger partial charge on any atom is 0.280 e. The second kappa shape index (κ2) is 6.44. The predicted octanol–water partition coefficient (Wildman–Crippen LogP) is 2.70. The van der Waals surface area contributed by atoms with E-state index < -0.39 is 10.0 Å². The molecule has 0 radical (unpaired) electrons. The lowest BCUT2D eigenvalue weighted by molar-refractivity contribution is 0.529. The first-order valence-electron chi connectivity index (χ1n) is 7.42. The molecule has 3 rings (SSSR count). The van der Waals surface area contributed by atoms with Gasteiger partial charge in [-0.1, -0.05) is 13.0 Å². The Morgan fingerprint density at radius 2 is 2.21 bits per heavy atom. The smallest absolute Gasteiger partial charge is 0.280 e. The number of anilines is 1. The third kappa shape index (κ3) is 3.30. The van der Waals surface area contributed by atoms with Crippen LogP contribution in [0.1, 0.15) is 26.3 Å². The molecule has 1 N–H and O–H groups in total. The maximum absolute atomic E-state index is 12.5. The molecular formula is C15H17N5O3S. The van der Waals surface area contributed by atoms with Crippen molar-refractivity contribution in [3.05, 3.63) is 43.2 Å². The molecule has 0 aliphatic heterocycles. The Bertz CT molecular complexity index is 918. The highest BCUT2D eigenvalue weighted by Crippen LogP contribution is 2.22. The van der Waals surface area contributed by atoms with Crippen LogP contribution in [0, 0.1) is 0 Å². The topological polar surface area (TPSA) is 103 Å². The number of rotatable bonds is 6. The van der Waals surface area contributed by atoms with Crippen molar-refractivity contribution in [3.8, 4) is 11.5 Å². The van der Waals surface area contributed by atoms with E-state index >= 15 is 0 Å². The molecule has 0 aliphatic carbocycles. The molecule has 8 nitrogen and oxygen atoms in total. The molecule has 126 valence electrons. The summed E-state index contributed by atoms with van der Waals surface area (Å²) in [6.45, 7) is 4.03. The molecular weight excluding hydrogens is 330 g/mol. The number of hydrogen-bond donors (Lipinski definition) is 1. The van der Waals surface area contributed by atoms with Crippen molar-refractivity contribution in [1.82, 2.24) is 19.7 Å². The predicted molar refractivity (Wildman–Crippen MR) is 87.8 cm³/mol. The van der Waals surface area contributed by atoms with Crippen LogP contribution in [-0.4, -0.2) is 28.2 Å². The fraction of sp³-hybridized carbons (Fsp3) is 0.267. The summed E-state index contributed by atoms with van der Waals surface area (Å²) in [7, 11) is -3.77. The van der Waals surface area contributed by atoms with E-state index in [1.54, 1.807) is 28.8 Å². The largest absolute Gasteiger partial charge is 0.423 e. The van der Waals surface area contributed by atoms with Gasteiger partial charge in [-0.15, -0.1) is 10.2 Å². The van der Waals surface area contributed by atoms with E-state index in [4.69, 9.17) is 4.42 Å². The number of benzene rings is 1. The first-order chi connectivity index (χ1) is 11.5. The molecule has 0 aliphatic rings. The van der Waals surface area contributed by atoms with Crippen LogP contribution in [0.4, 0.5) is 5.69 Å². The van der Waals surface area contributed by atoms with Gasteiger partial charge in [0.05, 0.1) is 6.33 Å². The fourth-order valence-corrected chi connectivity index (χ4v) is 3.12. The molecule has 9 heteroatoms. The molecule has 3 aromatic rings. The van der Waals surface area contributed by atoms with E-state index in [9.17, 15) is 8.42 Å². The summed E-state index contributed by atoms with van der Waals surface area (Å²) in [5.41, 5.74) is 1.02. The van der Waals surface area contributed by atoms with Gasteiger partial charge in [0, 0.05) is 23.5 Å². The van der Waals surface area contributed by atoms with Crippen LogP contribution < -0.4 is 4.72 Å². The normalized spacial score (nSPS) is 12.9. The Hall–Kier alpha value is -2.68. The monoisotopic (exact) mass is 347 g/mol. The van der Waals surface area contributed by atoms with E-state index in [-0.39, 0.29) is 11.1 Å².